The van der Waals surface area contributed by atoms with Crippen LogP contribution in [-0.4, -0.2) is 24.6 Å². The van der Waals surface area contributed by atoms with Crippen LogP contribution in [-0.2, 0) is 14.4 Å². The van der Waals surface area contributed by atoms with Crippen LogP contribution in [0.15, 0.2) is 70.2 Å². The number of hydrogen-bond donors (Lipinski definition) is 0. The maximum atomic E-state index is 12.9. The zero-order valence-electron chi connectivity index (χ0n) is 17.7. The average Bonchev–Trinajstić information content (AvgIpc) is 3.45. The van der Waals surface area contributed by atoms with Gasteiger partial charge in [0, 0.05) is 24.5 Å². The van der Waals surface area contributed by atoms with E-state index in [9.17, 15) is 9.59 Å². The maximum absolute atomic E-state index is 12.9. The van der Waals surface area contributed by atoms with E-state index >= 15 is 0 Å². The third-order valence-electron chi connectivity index (χ3n) is 5.58. The second-order valence-corrected chi connectivity index (χ2v) is 7.59. The number of carbonyl (C=O) groups is 2. The van der Waals surface area contributed by atoms with Gasteiger partial charge in [0.05, 0.1) is 17.0 Å². The highest BCUT2D eigenvalue weighted by molar-refractivity contribution is 6.41. The summed E-state index contributed by atoms with van der Waals surface area (Å²) >= 11 is 0. The second-order valence-electron chi connectivity index (χ2n) is 7.59. The molecule has 1 aliphatic heterocycles. The van der Waals surface area contributed by atoms with Crippen molar-refractivity contribution in [2.24, 2.45) is 5.16 Å². The van der Waals surface area contributed by atoms with Crippen LogP contribution < -0.4 is 4.90 Å². The molecule has 2 amide bonds. The number of furan rings is 1. The Morgan fingerprint density at radius 1 is 0.969 bits per heavy atom. The largest absolute Gasteiger partial charge is 0.457 e. The average molecular weight is 424 g/mol. The summed E-state index contributed by atoms with van der Waals surface area (Å²) < 4.78 is 6.00. The quantitative estimate of drug-likeness (QED) is 0.438. The van der Waals surface area contributed by atoms with Gasteiger partial charge >= 0.3 is 0 Å². The molecule has 0 radical (unpaired) electrons. The van der Waals surface area contributed by atoms with Crippen molar-refractivity contribution in [2.75, 3.05) is 12.0 Å². The van der Waals surface area contributed by atoms with Crippen LogP contribution in [0.1, 0.15) is 41.6 Å². The predicted molar refractivity (Wildman–Crippen MR) is 124 cm³/mol. The van der Waals surface area contributed by atoms with Crippen molar-refractivity contribution in [3.8, 4) is 0 Å². The van der Waals surface area contributed by atoms with Crippen LogP contribution in [0.4, 0.5) is 5.69 Å². The van der Waals surface area contributed by atoms with Crippen molar-refractivity contribution in [2.45, 2.75) is 13.3 Å². The molecule has 2 aromatic carbocycles. The van der Waals surface area contributed by atoms with Gasteiger partial charge in [0.15, 0.2) is 0 Å². The van der Waals surface area contributed by atoms with Gasteiger partial charge < -0.3 is 9.25 Å². The van der Waals surface area contributed by atoms with E-state index in [4.69, 9.17) is 9.25 Å². The Balaban J connectivity index is 1.49. The molecule has 0 fully saturated rings. The summed E-state index contributed by atoms with van der Waals surface area (Å²) in [5.41, 5.74) is 5.84. The normalized spacial score (nSPS) is 18.5. The molecule has 0 saturated heterocycles. The van der Waals surface area contributed by atoms with Gasteiger partial charge in [0.1, 0.15) is 18.6 Å². The topological polar surface area (TPSA) is 72.1 Å². The van der Waals surface area contributed by atoms with E-state index in [0.717, 1.165) is 22.4 Å². The SMILES string of the molecule is CO/N=C1/C/C(=C/c2ccc(/C=C3/C(=O)N(C(C)=O)c4ccccc43)o2)c2ccccc21. The van der Waals surface area contributed by atoms with Crippen LogP contribution in [0, 0.1) is 0 Å². The molecule has 3 aromatic rings. The lowest BCUT2D eigenvalue weighted by atomic mass is 10.1. The predicted octanol–water partition coefficient (Wildman–Crippen LogP) is 5.01. The minimum absolute atomic E-state index is 0.316. The highest BCUT2D eigenvalue weighted by Gasteiger charge is 2.34. The molecule has 2 aliphatic rings. The fraction of sp³-hybridized carbons (Fsp3) is 0.115. The van der Waals surface area contributed by atoms with Crippen LogP contribution in [0.2, 0.25) is 0 Å². The molecular weight excluding hydrogens is 404 g/mol. The van der Waals surface area contributed by atoms with Gasteiger partial charge in [0.25, 0.3) is 5.91 Å². The molecular formula is C26H20N2O4. The first kappa shape index (κ1) is 19.8. The molecule has 0 N–H and O–H groups in total. The first-order valence-corrected chi connectivity index (χ1v) is 10.2. The molecule has 6 heteroatoms. The van der Waals surface area contributed by atoms with Crippen molar-refractivity contribution < 1.29 is 18.8 Å². The molecule has 0 bridgehead atoms. The number of nitrogens with zero attached hydrogens (tertiary/aromatic N) is 2. The summed E-state index contributed by atoms with van der Waals surface area (Å²) in [6, 6.07) is 19.0. The smallest absolute Gasteiger partial charge is 0.265 e. The number of hydrogen-bond acceptors (Lipinski definition) is 5. The number of fused-ring (bicyclic) bond motifs is 2. The summed E-state index contributed by atoms with van der Waals surface area (Å²) in [6.45, 7) is 1.38. The number of imide groups is 1. The zero-order chi connectivity index (χ0) is 22.2. The lowest BCUT2D eigenvalue weighted by Crippen LogP contribution is -2.30. The third-order valence-corrected chi connectivity index (χ3v) is 5.58. The number of amides is 2. The number of oxime groups is 1. The lowest BCUT2D eigenvalue weighted by molar-refractivity contribution is -0.122. The molecule has 0 unspecified atom stereocenters. The lowest BCUT2D eigenvalue weighted by Gasteiger charge is -2.11. The standard InChI is InChI=1S/C26H20N2O4/c1-16(29)28-25-10-6-5-9-22(25)23(26(28)30)15-19-12-11-18(32-19)13-17-14-24(27-31-2)21-8-4-3-7-20(17)21/h3-13,15H,14H2,1-2H3/b17-13-,23-15+,27-24-. The fourth-order valence-corrected chi connectivity index (χ4v) is 4.24. The van der Waals surface area contributed by atoms with Gasteiger partial charge in [-0.1, -0.05) is 47.6 Å². The van der Waals surface area contributed by atoms with Crippen LogP contribution >= 0.6 is 0 Å². The number of allylic oxidation sites excluding steroid dienone is 1. The Labute approximate surface area is 185 Å². The third kappa shape index (κ3) is 3.26. The monoisotopic (exact) mass is 424 g/mol. The number of anilines is 1. The first-order chi connectivity index (χ1) is 15.6. The molecule has 0 atom stereocenters. The van der Waals surface area contributed by atoms with Crippen LogP contribution in [0.5, 0.6) is 0 Å². The van der Waals surface area contributed by atoms with Gasteiger partial charge in [-0.05, 0) is 41.5 Å². The number of benzene rings is 2. The van der Waals surface area contributed by atoms with Crippen LogP contribution in [0.25, 0.3) is 23.3 Å². The molecule has 0 spiro atoms. The van der Waals surface area contributed by atoms with E-state index < -0.39 is 0 Å². The van der Waals surface area contributed by atoms with Crippen molar-refractivity contribution in [1.29, 1.82) is 0 Å². The zero-order valence-corrected chi connectivity index (χ0v) is 17.7. The van der Waals surface area contributed by atoms with Crippen molar-refractivity contribution in [3.05, 3.63) is 88.9 Å². The molecule has 1 aliphatic carbocycles. The number of para-hydroxylation sites is 1. The molecule has 2 heterocycles. The maximum Gasteiger partial charge on any atom is 0.265 e. The molecule has 158 valence electrons. The van der Waals surface area contributed by atoms with E-state index in [2.05, 4.69) is 11.2 Å². The summed E-state index contributed by atoms with van der Waals surface area (Å²) in [4.78, 5) is 31.1. The van der Waals surface area contributed by atoms with Gasteiger partial charge in [-0.25, -0.2) is 4.90 Å². The Morgan fingerprint density at radius 3 is 2.34 bits per heavy atom. The van der Waals surface area contributed by atoms with Gasteiger partial charge in [0.2, 0.25) is 5.91 Å². The molecule has 1 aromatic heterocycles. The minimum Gasteiger partial charge on any atom is -0.457 e. The highest BCUT2D eigenvalue weighted by atomic mass is 16.6. The summed E-state index contributed by atoms with van der Waals surface area (Å²) in [5.74, 6) is 0.546. The molecule has 0 saturated carbocycles. The number of rotatable bonds is 3. The fourth-order valence-electron chi connectivity index (χ4n) is 4.24. The van der Waals surface area contributed by atoms with E-state index in [1.807, 2.05) is 54.6 Å². The Hall–Kier alpha value is -4.19. The molecule has 5 rings (SSSR count). The van der Waals surface area contributed by atoms with E-state index in [0.29, 0.717) is 34.8 Å². The Bertz CT molecular complexity index is 1340. The van der Waals surface area contributed by atoms with Gasteiger partial charge in [-0.15, -0.1) is 0 Å². The summed E-state index contributed by atoms with van der Waals surface area (Å²) in [7, 11) is 1.54. The summed E-state index contributed by atoms with van der Waals surface area (Å²) in [5, 5.41) is 4.15. The first-order valence-electron chi connectivity index (χ1n) is 10.2. The number of carbonyl (C=O) groups excluding carboxylic acids is 2. The Kier molecular flexibility index (Phi) is 4.82. The van der Waals surface area contributed by atoms with Gasteiger partial charge in [-0.3, -0.25) is 9.59 Å². The van der Waals surface area contributed by atoms with E-state index in [-0.39, 0.29) is 11.8 Å². The van der Waals surface area contributed by atoms with Crippen molar-refractivity contribution >= 4 is 46.5 Å². The van der Waals surface area contributed by atoms with Crippen molar-refractivity contribution in [1.82, 2.24) is 0 Å². The second kappa shape index (κ2) is 7.81. The van der Waals surface area contributed by atoms with Crippen molar-refractivity contribution in [3.63, 3.8) is 0 Å². The van der Waals surface area contributed by atoms with E-state index in [1.54, 1.807) is 19.3 Å². The van der Waals surface area contributed by atoms with Gasteiger partial charge in [-0.2, -0.15) is 0 Å². The highest BCUT2D eigenvalue weighted by Crippen LogP contribution is 2.38. The molecule has 32 heavy (non-hydrogen) atoms. The van der Waals surface area contributed by atoms with Crippen LogP contribution in [0.3, 0.4) is 0 Å². The summed E-state index contributed by atoms with van der Waals surface area (Å²) in [6.07, 6.45) is 4.31. The van der Waals surface area contributed by atoms with E-state index in [1.165, 1.54) is 11.8 Å². The Morgan fingerprint density at radius 2 is 1.62 bits per heavy atom. The minimum atomic E-state index is -0.347. The molecule has 6 nitrogen and oxygen atoms in total.